The normalized spacial score (nSPS) is 10.9. The first kappa shape index (κ1) is 12.4. The number of rotatable bonds is 3. The van der Waals surface area contributed by atoms with E-state index in [1.165, 1.54) is 0 Å². The Hall–Kier alpha value is -1.71. The minimum Gasteiger partial charge on any atom is -0.404 e. The van der Waals surface area contributed by atoms with E-state index >= 15 is 0 Å². The molecule has 0 radical (unpaired) electrons. The summed E-state index contributed by atoms with van der Waals surface area (Å²) >= 11 is 0. The van der Waals surface area contributed by atoms with Gasteiger partial charge in [-0.2, -0.15) is 4.57 Å². The van der Waals surface area contributed by atoms with Crippen LogP contribution in [-0.4, -0.2) is 12.3 Å². The smallest absolute Gasteiger partial charge is 0.316 e. The molecule has 0 aliphatic carbocycles. The number of pyridine rings is 1. The lowest BCUT2D eigenvalue weighted by molar-refractivity contribution is -0.727. The van der Waals surface area contributed by atoms with Crippen molar-refractivity contribution in [2.75, 3.05) is 0 Å². The van der Waals surface area contributed by atoms with Crippen LogP contribution in [0.15, 0.2) is 24.5 Å². The number of carbonyl (C=O) groups excluding carboxylic acids is 2. The molecule has 1 aromatic rings. The number of aldehydes is 1. The zero-order chi connectivity index (χ0) is 12.2. The third-order valence-corrected chi connectivity index (χ3v) is 1.97. The first-order chi connectivity index (χ1) is 7.43. The summed E-state index contributed by atoms with van der Waals surface area (Å²) in [6.45, 7) is 5.50. The van der Waals surface area contributed by atoms with E-state index < -0.39 is 5.41 Å². The maximum Gasteiger partial charge on any atom is 0.316 e. The SMILES string of the molecule is CC(C)(C)C(=O)OC[n+]1cccc(C=O)c1. The zero-order valence-corrected chi connectivity index (χ0v) is 9.77. The van der Waals surface area contributed by atoms with Crippen LogP contribution >= 0.6 is 0 Å². The fraction of sp³-hybridized carbons (Fsp3) is 0.417. The van der Waals surface area contributed by atoms with Crippen LogP contribution in [0, 0.1) is 5.41 Å². The van der Waals surface area contributed by atoms with Gasteiger partial charge in [-0.1, -0.05) is 0 Å². The third-order valence-electron chi connectivity index (χ3n) is 1.97. The number of hydrogen-bond donors (Lipinski definition) is 0. The molecule has 0 N–H and O–H groups in total. The van der Waals surface area contributed by atoms with E-state index in [0.717, 1.165) is 6.29 Å². The highest BCUT2D eigenvalue weighted by atomic mass is 16.5. The Morgan fingerprint density at radius 3 is 2.75 bits per heavy atom. The third kappa shape index (κ3) is 3.46. The summed E-state index contributed by atoms with van der Waals surface area (Å²) in [6, 6.07) is 3.42. The van der Waals surface area contributed by atoms with Crippen LogP contribution in [0.1, 0.15) is 31.1 Å². The molecule has 86 valence electrons. The summed E-state index contributed by atoms with van der Waals surface area (Å²) in [5.74, 6) is -0.267. The minimum absolute atomic E-state index is 0.123. The highest BCUT2D eigenvalue weighted by Gasteiger charge is 2.24. The highest BCUT2D eigenvalue weighted by molar-refractivity contribution is 5.75. The Balaban J connectivity index is 2.61. The number of ether oxygens (including phenoxy) is 1. The Morgan fingerprint density at radius 1 is 1.50 bits per heavy atom. The van der Waals surface area contributed by atoms with E-state index in [9.17, 15) is 9.59 Å². The molecule has 0 aliphatic rings. The molecule has 0 aliphatic heterocycles. The van der Waals surface area contributed by atoms with E-state index in [4.69, 9.17) is 4.74 Å². The first-order valence-corrected chi connectivity index (χ1v) is 5.05. The van der Waals surface area contributed by atoms with Crippen molar-refractivity contribution in [1.82, 2.24) is 0 Å². The van der Waals surface area contributed by atoms with Gasteiger partial charge in [-0.3, -0.25) is 9.59 Å². The molecule has 0 atom stereocenters. The van der Waals surface area contributed by atoms with Crippen LogP contribution in [0.4, 0.5) is 0 Å². The Labute approximate surface area is 94.9 Å². The topological polar surface area (TPSA) is 47.2 Å². The lowest BCUT2D eigenvalue weighted by atomic mass is 9.98. The second-order valence-electron chi connectivity index (χ2n) is 4.58. The molecule has 0 spiro atoms. The van der Waals surface area contributed by atoms with Gasteiger partial charge in [0, 0.05) is 6.07 Å². The largest absolute Gasteiger partial charge is 0.404 e. The average molecular weight is 222 g/mol. The van der Waals surface area contributed by atoms with E-state index in [1.807, 2.05) is 0 Å². The van der Waals surface area contributed by atoms with Crippen molar-refractivity contribution in [3.8, 4) is 0 Å². The van der Waals surface area contributed by atoms with Gasteiger partial charge in [-0.15, -0.1) is 0 Å². The van der Waals surface area contributed by atoms with E-state index in [0.29, 0.717) is 5.56 Å². The molecule has 0 amide bonds. The molecule has 0 saturated carbocycles. The lowest BCUT2D eigenvalue weighted by Crippen LogP contribution is -2.38. The Kier molecular flexibility index (Phi) is 3.77. The molecule has 1 rings (SSSR count). The summed E-state index contributed by atoms with van der Waals surface area (Å²) in [5, 5.41) is 0. The molecule has 0 fully saturated rings. The number of nitrogens with zero attached hydrogens (tertiary/aromatic N) is 1. The van der Waals surface area contributed by atoms with Gasteiger partial charge in [0.05, 0.1) is 11.0 Å². The highest BCUT2D eigenvalue weighted by Crippen LogP contribution is 2.14. The average Bonchev–Trinajstić information content (AvgIpc) is 2.25. The number of aromatic nitrogens is 1. The molecular weight excluding hydrogens is 206 g/mol. The monoisotopic (exact) mass is 222 g/mol. The van der Waals surface area contributed by atoms with Gasteiger partial charge in [0.2, 0.25) is 0 Å². The first-order valence-electron chi connectivity index (χ1n) is 5.05. The van der Waals surface area contributed by atoms with E-state index in [2.05, 4.69) is 0 Å². The summed E-state index contributed by atoms with van der Waals surface area (Å²) < 4.78 is 6.75. The van der Waals surface area contributed by atoms with Crippen LogP contribution in [0.5, 0.6) is 0 Å². The van der Waals surface area contributed by atoms with E-state index in [1.54, 1.807) is 49.9 Å². The fourth-order valence-electron chi connectivity index (χ4n) is 1.04. The lowest BCUT2D eigenvalue weighted by Gasteiger charge is -2.14. The van der Waals surface area contributed by atoms with Gasteiger partial charge in [0.1, 0.15) is 0 Å². The minimum atomic E-state index is -0.511. The van der Waals surface area contributed by atoms with Gasteiger partial charge < -0.3 is 4.74 Å². The predicted molar refractivity (Wildman–Crippen MR) is 57.6 cm³/mol. The van der Waals surface area contributed by atoms with Crippen LogP contribution < -0.4 is 4.57 Å². The van der Waals surface area contributed by atoms with Gasteiger partial charge in [-0.25, -0.2) is 0 Å². The fourth-order valence-corrected chi connectivity index (χ4v) is 1.04. The van der Waals surface area contributed by atoms with Gasteiger partial charge in [-0.05, 0) is 26.8 Å². The molecule has 0 saturated heterocycles. The van der Waals surface area contributed by atoms with Crippen LogP contribution in [0.2, 0.25) is 0 Å². The van der Waals surface area contributed by atoms with Crippen LogP contribution in [0.25, 0.3) is 0 Å². The molecular formula is C12H16NO3+. The van der Waals surface area contributed by atoms with Crippen molar-refractivity contribution >= 4 is 12.3 Å². The number of hydrogen-bond acceptors (Lipinski definition) is 3. The predicted octanol–water partition coefficient (Wildman–Crippen LogP) is 1.33. The molecule has 4 nitrogen and oxygen atoms in total. The maximum atomic E-state index is 11.5. The zero-order valence-electron chi connectivity index (χ0n) is 9.77. The van der Waals surface area contributed by atoms with E-state index in [-0.39, 0.29) is 12.7 Å². The molecule has 4 heteroatoms. The maximum absolute atomic E-state index is 11.5. The standard InChI is InChI=1S/C12H16NO3/c1-12(2,3)11(15)16-9-13-6-4-5-10(7-13)8-14/h4-8H,9H2,1-3H3/q+1. The second-order valence-corrected chi connectivity index (χ2v) is 4.58. The molecule has 16 heavy (non-hydrogen) atoms. The molecule has 0 aromatic carbocycles. The van der Waals surface area contributed by atoms with Crippen molar-refractivity contribution in [2.24, 2.45) is 5.41 Å². The quantitative estimate of drug-likeness (QED) is 0.440. The summed E-state index contributed by atoms with van der Waals surface area (Å²) in [6.07, 6.45) is 4.12. The van der Waals surface area contributed by atoms with Crippen molar-refractivity contribution in [3.63, 3.8) is 0 Å². The Morgan fingerprint density at radius 2 is 2.19 bits per heavy atom. The van der Waals surface area contributed by atoms with Crippen LogP contribution in [-0.2, 0) is 16.3 Å². The molecule has 0 unspecified atom stereocenters. The molecule has 0 bridgehead atoms. The summed E-state index contributed by atoms with van der Waals surface area (Å²) in [5.41, 5.74) is 0.0392. The van der Waals surface area contributed by atoms with Crippen molar-refractivity contribution in [3.05, 3.63) is 30.1 Å². The van der Waals surface area contributed by atoms with Crippen LogP contribution in [0.3, 0.4) is 0 Å². The summed E-state index contributed by atoms with van der Waals surface area (Å²) in [4.78, 5) is 22.0. The van der Waals surface area contributed by atoms with Crippen molar-refractivity contribution in [1.29, 1.82) is 0 Å². The van der Waals surface area contributed by atoms with Crippen molar-refractivity contribution in [2.45, 2.75) is 27.5 Å². The number of esters is 1. The molecule has 1 aromatic heterocycles. The number of carbonyl (C=O) groups is 2. The Bertz CT molecular complexity index is 393. The van der Waals surface area contributed by atoms with Gasteiger partial charge >= 0.3 is 5.97 Å². The van der Waals surface area contributed by atoms with Crippen molar-refractivity contribution < 1.29 is 18.9 Å². The van der Waals surface area contributed by atoms with Gasteiger partial charge in [0.25, 0.3) is 6.73 Å². The summed E-state index contributed by atoms with van der Waals surface area (Å²) in [7, 11) is 0. The van der Waals surface area contributed by atoms with Gasteiger partial charge in [0.15, 0.2) is 18.7 Å². The molecule has 1 heterocycles. The second kappa shape index (κ2) is 4.88.